The fourth-order valence-electron chi connectivity index (χ4n) is 0.540. The Bertz CT molecular complexity index is 101. The molecule has 0 aliphatic heterocycles. The zero-order valence-electron chi connectivity index (χ0n) is 4.82. The van der Waals surface area contributed by atoms with E-state index >= 15 is 0 Å². The summed E-state index contributed by atoms with van der Waals surface area (Å²) in [4.78, 5) is 1.19. The van der Waals surface area contributed by atoms with Crippen molar-refractivity contribution in [2.75, 3.05) is 0 Å². The second-order valence-corrected chi connectivity index (χ2v) is 3.23. The van der Waals surface area contributed by atoms with Crippen LogP contribution in [-0.4, -0.2) is 4.86 Å². The van der Waals surface area contributed by atoms with Crippen molar-refractivity contribution >= 4 is 17.1 Å². The van der Waals surface area contributed by atoms with Gasteiger partial charge in [-0.15, -0.1) is 0 Å². The third-order valence-corrected chi connectivity index (χ3v) is 2.34. The normalized spacial score (nSPS) is 24.3. The van der Waals surface area contributed by atoms with Crippen molar-refractivity contribution in [1.82, 2.24) is 0 Å². The highest BCUT2D eigenvalue weighted by atomic mass is 32.1. The van der Waals surface area contributed by atoms with Crippen LogP contribution in [0.15, 0.2) is 0 Å². The van der Waals surface area contributed by atoms with Gasteiger partial charge >= 0.3 is 0 Å². The minimum atomic E-state index is 0.481. The van der Waals surface area contributed by atoms with E-state index in [1.54, 1.807) is 0 Å². The van der Waals surface area contributed by atoms with E-state index in [-0.39, 0.29) is 0 Å². The summed E-state index contributed by atoms with van der Waals surface area (Å²) in [5.74, 6) is 0. The molecule has 0 unspecified atom stereocenters. The molecule has 1 fully saturated rings. The summed E-state index contributed by atoms with van der Waals surface area (Å²) in [6, 6.07) is 0. The molecular formula is C6H10S. The molecule has 1 heteroatoms. The highest BCUT2D eigenvalue weighted by molar-refractivity contribution is 7.80. The fourth-order valence-corrected chi connectivity index (χ4v) is 0.744. The van der Waals surface area contributed by atoms with Crippen LogP contribution >= 0.6 is 12.2 Å². The molecule has 1 rings (SSSR count). The smallest absolute Gasteiger partial charge is 0.00138 e. The molecule has 0 bridgehead atoms. The van der Waals surface area contributed by atoms with E-state index in [1.807, 2.05) is 6.92 Å². The Morgan fingerprint density at radius 1 is 1.57 bits per heavy atom. The Morgan fingerprint density at radius 2 is 2.00 bits per heavy atom. The zero-order chi connectivity index (χ0) is 5.49. The molecule has 1 aliphatic rings. The van der Waals surface area contributed by atoms with Crippen LogP contribution in [0.25, 0.3) is 0 Å². The SMILES string of the molecule is CC(=S)C1(C)CC1. The van der Waals surface area contributed by atoms with E-state index in [0.717, 1.165) is 0 Å². The summed E-state index contributed by atoms with van der Waals surface area (Å²) in [6.45, 7) is 4.28. The van der Waals surface area contributed by atoms with Gasteiger partial charge in [0.2, 0.25) is 0 Å². The summed E-state index contributed by atoms with van der Waals surface area (Å²) in [6.07, 6.45) is 2.64. The van der Waals surface area contributed by atoms with Crippen LogP contribution in [0.3, 0.4) is 0 Å². The lowest BCUT2D eigenvalue weighted by Gasteiger charge is -2.00. The van der Waals surface area contributed by atoms with Gasteiger partial charge in [0.05, 0.1) is 0 Å². The van der Waals surface area contributed by atoms with E-state index < -0.39 is 0 Å². The van der Waals surface area contributed by atoms with Crippen LogP contribution in [0.4, 0.5) is 0 Å². The van der Waals surface area contributed by atoms with Crippen LogP contribution in [0, 0.1) is 5.41 Å². The lowest BCUT2D eigenvalue weighted by molar-refractivity contribution is 0.815. The van der Waals surface area contributed by atoms with Gasteiger partial charge in [0, 0.05) is 0 Å². The lowest BCUT2D eigenvalue weighted by atomic mass is 10.1. The van der Waals surface area contributed by atoms with Crippen molar-refractivity contribution in [3.05, 3.63) is 0 Å². The maximum absolute atomic E-state index is 5.00. The number of thiocarbonyl (C=S) groups is 1. The van der Waals surface area contributed by atoms with Gasteiger partial charge in [0.25, 0.3) is 0 Å². The Balaban J connectivity index is 2.55. The average molecular weight is 114 g/mol. The van der Waals surface area contributed by atoms with Crippen LogP contribution in [0.1, 0.15) is 26.7 Å². The minimum absolute atomic E-state index is 0.481. The predicted molar refractivity (Wildman–Crippen MR) is 35.6 cm³/mol. The molecule has 0 atom stereocenters. The lowest BCUT2D eigenvalue weighted by Crippen LogP contribution is -2.01. The third kappa shape index (κ3) is 0.828. The van der Waals surface area contributed by atoms with Crippen LogP contribution in [-0.2, 0) is 0 Å². The van der Waals surface area contributed by atoms with Gasteiger partial charge < -0.3 is 0 Å². The Morgan fingerprint density at radius 3 is 2.00 bits per heavy atom. The minimum Gasteiger partial charge on any atom is -0.0894 e. The molecule has 0 heterocycles. The highest BCUT2D eigenvalue weighted by Gasteiger charge is 2.38. The van der Waals surface area contributed by atoms with Gasteiger partial charge in [-0.3, -0.25) is 0 Å². The molecule has 0 spiro atoms. The topological polar surface area (TPSA) is 0 Å². The standard InChI is InChI=1S/C6H10S/c1-5(7)6(2)3-4-6/h3-4H2,1-2H3. The number of hydrogen-bond donors (Lipinski definition) is 0. The second-order valence-electron chi connectivity index (χ2n) is 2.62. The maximum Gasteiger partial charge on any atom is -0.00138 e. The van der Waals surface area contributed by atoms with E-state index in [0.29, 0.717) is 5.41 Å². The van der Waals surface area contributed by atoms with Gasteiger partial charge in [-0.05, 0) is 30.0 Å². The third-order valence-electron chi connectivity index (χ3n) is 1.85. The number of rotatable bonds is 1. The molecule has 40 valence electrons. The predicted octanol–water partition coefficient (Wildman–Crippen LogP) is 2.18. The summed E-state index contributed by atoms with van der Waals surface area (Å²) < 4.78 is 0. The second kappa shape index (κ2) is 1.28. The van der Waals surface area contributed by atoms with Crippen LogP contribution in [0.5, 0.6) is 0 Å². The highest BCUT2D eigenvalue weighted by Crippen LogP contribution is 2.46. The molecule has 0 aromatic carbocycles. The maximum atomic E-state index is 5.00. The molecular weight excluding hydrogens is 104 g/mol. The molecule has 0 aromatic rings. The largest absolute Gasteiger partial charge is 0.0894 e. The fraction of sp³-hybridized carbons (Fsp3) is 0.833. The summed E-state index contributed by atoms with van der Waals surface area (Å²) in [5.41, 5.74) is 0.481. The van der Waals surface area contributed by atoms with Crippen molar-refractivity contribution in [2.45, 2.75) is 26.7 Å². The van der Waals surface area contributed by atoms with E-state index in [4.69, 9.17) is 12.2 Å². The average Bonchev–Trinajstić information content (AvgIpc) is 2.21. The van der Waals surface area contributed by atoms with Gasteiger partial charge in [-0.2, -0.15) is 0 Å². The van der Waals surface area contributed by atoms with Gasteiger partial charge in [0.15, 0.2) is 0 Å². The van der Waals surface area contributed by atoms with Crippen molar-refractivity contribution in [1.29, 1.82) is 0 Å². The molecule has 0 aromatic heterocycles. The Labute approximate surface area is 49.9 Å². The first kappa shape index (κ1) is 5.23. The monoisotopic (exact) mass is 114 g/mol. The quantitative estimate of drug-likeness (QED) is 0.471. The molecule has 0 amide bonds. The van der Waals surface area contributed by atoms with Crippen LogP contribution < -0.4 is 0 Å². The first-order valence-corrected chi connectivity index (χ1v) is 3.07. The summed E-state index contributed by atoms with van der Waals surface area (Å²) in [5, 5.41) is 0. The zero-order valence-corrected chi connectivity index (χ0v) is 5.64. The molecule has 1 aliphatic carbocycles. The molecule has 7 heavy (non-hydrogen) atoms. The first-order valence-electron chi connectivity index (χ1n) is 2.66. The summed E-state index contributed by atoms with van der Waals surface area (Å²) >= 11 is 5.00. The van der Waals surface area contributed by atoms with Gasteiger partial charge in [-0.1, -0.05) is 19.1 Å². The molecule has 0 N–H and O–H groups in total. The molecule has 1 saturated carbocycles. The summed E-state index contributed by atoms with van der Waals surface area (Å²) in [7, 11) is 0. The Hall–Kier alpha value is 0.0900. The molecule has 0 nitrogen and oxygen atoms in total. The van der Waals surface area contributed by atoms with Gasteiger partial charge in [0.1, 0.15) is 0 Å². The Kier molecular flexibility index (Phi) is 0.959. The number of hydrogen-bond acceptors (Lipinski definition) is 1. The first-order chi connectivity index (χ1) is 3.15. The van der Waals surface area contributed by atoms with Crippen molar-refractivity contribution in [3.63, 3.8) is 0 Å². The van der Waals surface area contributed by atoms with Crippen molar-refractivity contribution < 1.29 is 0 Å². The van der Waals surface area contributed by atoms with Crippen molar-refractivity contribution in [3.8, 4) is 0 Å². The van der Waals surface area contributed by atoms with E-state index in [2.05, 4.69) is 6.92 Å². The van der Waals surface area contributed by atoms with Gasteiger partial charge in [-0.25, -0.2) is 0 Å². The molecule has 0 saturated heterocycles. The van der Waals surface area contributed by atoms with Crippen molar-refractivity contribution in [2.24, 2.45) is 5.41 Å². The van der Waals surface area contributed by atoms with E-state index in [1.165, 1.54) is 17.7 Å². The van der Waals surface area contributed by atoms with Crippen LogP contribution in [0.2, 0.25) is 0 Å². The van der Waals surface area contributed by atoms with E-state index in [9.17, 15) is 0 Å². The molecule has 0 radical (unpaired) electrons.